The number of rotatable bonds is 5. The first-order valence-corrected chi connectivity index (χ1v) is 10.7. The van der Waals surface area contributed by atoms with Crippen molar-refractivity contribution in [2.24, 2.45) is 11.1 Å². The highest BCUT2D eigenvalue weighted by atomic mass is 32.1. The van der Waals surface area contributed by atoms with Crippen LogP contribution in [0.4, 0.5) is 0 Å². The lowest BCUT2D eigenvalue weighted by atomic mass is 9.86. The van der Waals surface area contributed by atoms with Gasteiger partial charge in [0.05, 0.1) is 22.5 Å². The zero-order valence-electron chi connectivity index (χ0n) is 17.3. The van der Waals surface area contributed by atoms with Crippen LogP contribution in [-0.4, -0.2) is 56.6 Å². The summed E-state index contributed by atoms with van der Waals surface area (Å²) in [5.41, 5.74) is 8.94. The van der Waals surface area contributed by atoms with Crippen LogP contribution in [0.2, 0.25) is 0 Å². The van der Waals surface area contributed by atoms with Gasteiger partial charge in [0.15, 0.2) is 0 Å². The number of hydrogen-bond acceptors (Lipinski definition) is 7. The summed E-state index contributed by atoms with van der Waals surface area (Å²) in [5, 5.41) is 22.6. The van der Waals surface area contributed by atoms with Crippen LogP contribution in [0.5, 0.6) is 5.88 Å². The monoisotopic (exact) mass is 432 g/mol. The summed E-state index contributed by atoms with van der Waals surface area (Å²) < 4.78 is 0. The van der Waals surface area contributed by atoms with Crippen molar-refractivity contribution in [3.05, 3.63) is 35.3 Å². The first kappa shape index (κ1) is 22.2. The van der Waals surface area contributed by atoms with E-state index < -0.39 is 23.6 Å². The molecule has 2 aromatic rings. The van der Waals surface area contributed by atoms with E-state index in [0.717, 1.165) is 11.1 Å². The quantitative estimate of drug-likeness (QED) is 0.566. The lowest BCUT2D eigenvalue weighted by Crippen LogP contribution is -2.54. The van der Waals surface area contributed by atoms with Crippen LogP contribution in [0.1, 0.15) is 32.8 Å². The van der Waals surface area contributed by atoms with Crippen LogP contribution < -0.4 is 11.1 Å². The molecule has 1 saturated heterocycles. The van der Waals surface area contributed by atoms with Crippen molar-refractivity contribution in [2.75, 3.05) is 6.54 Å². The number of aliphatic hydroxyl groups is 1. The van der Waals surface area contributed by atoms with Crippen LogP contribution in [0.25, 0.3) is 10.4 Å². The van der Waals surface area contributed by atoms with E-state index in [4.69, 9.17) is 5.73 Å². The summed E-state index contributed by atoms with van der Waals surface area (Å²) in [6.45, 7) is 5.99. The summed E-state index contributed by atoms with van der Waals surface area (Å²) in [6, 6.07) is 5.93. The van der Waals surface area contributed by atoms with Crippen molar-refractivity contribution in [2.45, 2.75) is 51.9 Å². The van der Waals surface area contributed by atoms with Crippen LogP contribution in [0, 0.1) is 5.41 Å². The lowest BCUT2D eigenvalue weighted by Gasteiger charge is -2.32. The Bertz CT molecular complexity index is 906. The number of aromatic hydroxyl groups is 1. The second-order valence-electron chi connectivity index (χ2n) is 8.66. The largest absolute Gasteiger partial charge is 0.492 e. The van der Waals surface area contributed by atoms with E-state index in [2.05, 4.69) is 10.3 Å². The highest BCUT2D eigenvalue weighted by Crippen LogP contribution is 2.32. The minimum Gasteiger partial charge on any atom is -0.492 e. The number of aliphatic hydroxyl groups excluding tert-OH is 1. The molecule has 2 heterocycles. The Morgan fingerprint density at radius 3 is 2.57 bits per heavy atom. The number of amides is 2. The van der Waals surface area contributed by atoms with E-state index in [1.54, 1.807) is 5.51 Å². The highest BCUT2D eigenvalue weighted by Gasteiger charge is 2.42. The number of hydrogen-bond donors (Lipinski definition) is 4. The molecule has 3 atom stereocenters. The van der Waals surface area contributed by atoms with Gasteiger partial charge in [-0.2, -0.15) is 0 Å². The topological polar surface area (TPSA) is 129 Å². The molecule has 1 fully saturated rings. The number of β-amino-alcohol motifs (C(OH)–C–C–N with tert-alkyl or cyclic N) is 1. The van der Waals surface area contributed by atoms with Crippen LogP contribution >= 0.6 is 11.3 Å². The molecule has 0 aliphatic carbocycles. The standard InChI is InChI=1S/C21H28N4O4S/c1-21(2,3)17(22)20(29)25-10-14(26)8-15(25)18(27)23-9-12-4-6-13(7-5-12)16-19(28)24-11-30-16/h4-7,11,14-15,17,26,28H,8-10,22H2,1-3H3,(H,23,27)/t14-,15+,17-/m1/s1. The van der Waals surface area contributed by atoms with E-state index >= 15 is 0 Å². The van der Waals surface area contributed by atoms with Gasteiger partial charge in [-0.3, -0.25) is 9.59 Å². The molecule has 0 spiro atoms. The normalized spacial score (nSPS) is 20.2. The highest BCUT2D eigenvalue weighted by molar-refractivity contribution is 7.13. The molecule has 3 rings (SSSR count). The number of thiazole rings is 1. The Morgan fingerprint density at radius 2 is 2.00 bits per heavy atom. The summed E-state index contributed by atoms with van der Waals surface area (Å²) >= 11 is 1.35. The number of benzene rings is 1. The van der Waals surface area contributed by atoms with Crippen LogP contribution in [0.15, 0.2) is 29.8 Å². The molecular formula is C21H28N4O4S. The number of nitrogens with zero attached hydrogens (tertiary/aromatic N) is 2. The molecule has 0 saturated carbocycles. The van der Waals surface area contributed by atoms with Gasteiger partial charge in [-0.05, 0) is 16.5 Å². The number of likely N-dealkylation sites (tertiary alicyclic amines) is 1. The lowest BCUT2D eigenvalue weighted by molar-refractivity contribution is -0.141. The number of carbonyl (C=O) groups excluding carboxylic acids is 2. The predicted octanol–water partition coefficient (Wildman–Crippen LogP) is 1.47. The van der Waals surface area contributed by atoms with Crippen molar-refractivity contribution in [1.82, 2.24) is 15.2 Å². The molecule has 8 nitrogen and oxygen atoms in total. The fraction of sp³-hybridized carbons (Fsp3) is 0.476. The number of nitrogens with one attached hydrogen (secondary N) is 1. The third-order valence-electron chi connectivity index (χ3n) is 5.30. The molecule has 1 aromatic heterocycles. The first-order chi connectivity index (χ1) is 14.1. The third-order valence-corrected chi connectivity index (χ3v) is 6.16. The molecule has 0 unspecified atom stereocenters. The minimum atomic E-state index is -0.756. The SMILES string of the molecule is CC(C)(C)[C@H](N)C(=O)N1C[C@H](O)C[C@H]1C(=O)NCc1ccc(-c2scnc2O)cc1. The average Bonchev–Trinajstić information content (AvgIpc) is 3.30. The second-order valence-corrected chi connectivity index (χ2v) is 9.51. The fourth-order valence-electron chi connectivity index (χ4n) is 3.37. The summed E-state index contributed by atoms with van der Waals surface area (Å²) in [7, 11) is 0. The van der Waals surface area contributed by atoms with Gasteiger partial charge in [0.1, 0.15) is 6.04 Å². The first-order valence-electron chi connectivity index (χ1n) is 9.81. The van der Waals surface area contributed by atoms with E-state index in [1.807, 2.05) is 45.0 Å². The van der Waals surface area contributed by atoms with Crippen molar-refractivity contribution in [3.63, 3.8) is 0 Å². The van der Waals surface area contributed by atoms with Gasteiger partial charge in [0.2, 0.25) is 17.7 Å². The summed E-state index contributed by atoms with van der Waals surface area (Å²) in [6.07, 6.45) is -0.555. The molecule has 2 amide bonds. The minimum absolute atomic E-state index is 0.000864. The Labute approximate surface area is 179 Å². The van der Waals surface area contributed by atoms with Gasteiger partial charge >= 0.3 is 0 Å². The summed E-state index contributed by atoms with van der Waals surface area (Å²) in [5.74, 6) is -0.642. The van der Waals surface area contributed by atoms with Gasteiger partial charge in [-0.15, -0.1) is 11.3 Å². The molecule has 5 N–H and O–H groups in total. The molecule has 1 aliphatic rings. The zero-order valence-corrected chi connectivity index (χ0v) is 18.1. The molecule has 9 heteroatoms. The van der Waals surface area contributed by atoms with E-state index in [0.29, 0.717) is 4.88 Å². The van der Waals surface area contributed by atoms with Crippen LogP contribution in [-0.2, 0) is 16.1 Å². The van der Waals surface area contributed by atoms with E-state index in [1.165, 1.54) is 16.2 Å². The molecule has 1 aromatic carbocycles. The Hall–Kier alpha value is -2.49. The predicted molar refractivity (Wildman–Crippen MR) is 115 cm³/mol. The number of nitrogens with two attached hydrogens (primary N) is 1. The Kier molecular flexibility index (Phi) is 6.44. The average molecular weight is 433 g/mol. The molecule has 162 valence electrons. The smallest absolute Gasteiger partial charge is 0.243 e. The maximum atomic E-state index is 12.8. The van der Waals surface area contributed by atoms with Gasteiger partial charge in [-0.1, -0.05) is 45.0 Å². The van der Waals surface area contributed by atoms with E-state index in [-0.39, 0.29) is 37.2 Å². The molecule has 30 heavy (non-hydrogen) atoms. The third kappa shape index (κ3) is 4.80. The van der Waals surface area contributed by atoms with Crippen molar-refractivity contribution in [1.29, 1.82) is 0 Å². The van der Waals surface area contributed by atoms with Crippen LogP contribution in [0.3, 0.4) is 0 Å². The maximum absolute atomic E-state index is 12.8. The van der Waals surface area contributed by atoms with Gasteiger partial charge < -0.3 is 26.2 Å². The maximum Gasteiger partial charge on any atom is 0.243 e. The van der Waals surface area contributed by atoms with Gasteiger partial charge in [0.25, 0.3) is 0 Å². The molecular weight excluding hydrogens is 404 g/mol. The molecule has 0 bridgehead atoms. The Morgan fingerprint density at radius 1 is 1.33 bits per heavy atom. The van der Waals surface area contributed by atoms with Crippen molar-refractivity contribution >= 4 is 23.2 Å². The fourth-order valence-corrected chi connectivity index (χ4v) is 4.06. The summed E-state index contributed by atoms with van der Waals surface area (Å²) in [4.78, 5) is 31.5. The van der Waals surface area contributed by atoms with Crippen molar-refractivity contribution in [3.8, 4) is 16.3 Å². The van der Waals surface area contributed by atoms with Crippen molar-refractivity contribution < 1.29 is 19.8 Å². The second kappa shape index (κ2) is 8.71. The van der Waals surface area contributed by atoms with Gasteiger partial charge in [0, 0.05) is 19.5 Å². The van der Waals surface area contributed by atoms with Gasteiger partial charge in [-0.25, -0.2) is 4.98 Å². The molecule has 1 aliphatic heterocycles. The molecule has 0 radical (unpaired) electrons. The van der Waals surface area contributed by atoms with E-state index in [9.17, 15) is 19.8 Å². The Balaban J connectivity index is 1.63. The number of aromatic nitrogens is 1. The number of carbonyl (C=O) groups is 2. The zero-order chi connectivity index (χ0) is 22.1.